The zero-order chi connectivity index (χ0) is 25.3. The molecule has 9 nitrogen and oxygen atoms in total. The van der Waals surface area contributed by atoms with E-state index in [4.69, 9.17) is 26.5 Å². The number of nitrogens with zero attached hydrogens (tertiary/aromatic N) is 3. The summed E-state index contributed by atoms with van der Waals surface area (Å²) in [5.41, 5.74) is 2.48. The molecule has 0 aromatic heterocycles. The van der Waals surface area contributed by atoms with Gasteiger partial charge in [-0.05, 0) is 48.0 Å². The first-order valence-electron chi connectivity index (χ1n) is 10.4. The van der Waals surface area contributed by atoms with Crippen LogP contribution in [-0.2, 0) is 21.2 Å². The molecule has 0 atom stereocenters. The Morgan fingerprint density at radius 1 is 1.26 bits per heavy atom. The number of hydrogen-bond donors (Lipinski definition) is 1. The van der Waals surface area contributed by atoms with E-state index in [9.17, 15) is 13.2 Å². The molecule has 0 spiro atoms. The maximum Gasteiger partial charge on any atom is 0.283 e. The number of ether oxygens (including phenoxy) is 2. The number of carbonyl (C=O) groups is 1. The van der Waals surface area contributed by atoms with Gasteiger partial charge in [-0.3, -0.25) is 10.2 Å². The fraction of sp³-hybridized carbons (Fsp3) is 0.217. The molecular weight excluding hydrogens is 512 g/mol. The average Bonchev–Trinajstić information content (AvgIpc) is 3.26. The van der Waals surface area contributed by atoms with E-state index in [0.717, 1.165) is 27.9 Å². The van der Waals surface area contributed by atoms with E-state index in [2.05, 4.69) is 10.1 Å². The maximum atomic E-state index is 12.6. The molecule has 1 amide bonds. The molecule has 0 radical (unpaired) electrons. The van der Waals surface area contributed by atoms with E-state index in [1.165, 1.54) is 20.1 Å². The highest BCUT2D eigenvalue weighted by molar-refractivity contribution is 8.42. The minimum Gasteiger partial charge on any atom is -0.493 e. The van der Waals surface area contributed by atoms with Crippen LogP contribution >= 0.6 is 23.4 Å². The highest BCUT2D eigenvalue weighted by Crippen LogP contribution is 2.38. The molecule has 1 N–H and O–H groups in total. The molecular formula is C23H21ClN4O5S2. The lowest BCUT2D eigenvalue weighted by atomic mass is 10.1. The van der Waals surface area contributed by atoms with Gasteiger partial charge in [0.1, 0.15) is 6.61 Å². The average molecular weight is 533 g/mol. The van der Waals surface area contributed by atoms with E-state index in [0.29, 0.717) is 17.1 Å². The van der Waals surface area contributed by atoms with Crippen molar-refractivity contribution in [2.75, 3.05) is 12.9 Å². The molecule has 182 valence electrons. The summed E-state index contributed by atoms with van der Waals surface area (Å²) in [7, 11) is -2.14. The summed E-state index contributed by atoms with van der Waals surface area (Å²) in [6.07, 6.45) is 1.43. The second-order valence-electron chi connectivity index (χ2n) is 7.60. The third-order valence-corrected chi connectivity index (χ3v) is 8.48. The molecule has 0 unspecified atom stereocenters. The van der Waals surface area contributed by atoms with Crippen molar-refractivity contribution in [2.45, 2.75) is 20.5 Å². The summed E-state index contributed by atoms with van der Waals surface area (Å²) in [4.78, 5) is 16.6. The Labute approximate surface area is 211 Å². The SMILES string of the molecule is CCS(=O)(=O)C1=NN2C(=N)/C(=C\c3cc(Cl)c(OCc4cccc(C)c4)c(OC)c3)C(=O)N=C2S1. The molecule has 2 aromatic rings. The van der Waals surface area contributed by atoms with E-state index in [1.54, 1.807) is 12.1 Å². The van der Waals surface area contributed by atoms with Crippen LogP contribution < -0.4 is 9.47 Å². The molecule has 0 saturated carbocycles. The number of methoxy groups -OCH3 is 1. The summed E-state index contributed by atoms with van der Waals surface area (Å²) in [6, 6.07) is 11.1. The van der Waals surface area contributed by atoms with Crippen molar-refractivity contribution in [3.63, 3.8) is 0 Å². The van der Waals surface area contributed by atoms with Crippen LogP contribution in [0.4, 0.5) is 0 Å². The first-order valence-corrected chi connectivity index (χ1v) is 13.3. The fourth-order valence-corrected chi connectivity index (χ4v) is 5.75. The van der Waals surface area contributed by atoms with Gasteiger partial charge >= 0.3 is 0 Å². The number of amidine groups is 2. The Hall–Kier alpha value is -3.15. The van der Waals surface area contributed by atoms with Crippen molar-refractivity contribution < 1.29 is 22.7 Å². The normalized spacial score (nSPS) is 16.8. The van der Waals surface area contributed by atoms with Crippen LogP contribution in [-0.4, -0.2) is 47.6 Å². The standard InChI is InChI=1S/C23H21ClN4O5S2/c1-4-35(30,31)23-27-28-20(25)16(21(29)26-22(28)34-23)9-15-10-17(24)19(18(11-15)32-3)33-12-14-7-5-6-13(2)8-14/h5-11,25H,4,12H2,1-3H3/b16-9+,25-20?. The third-order valence-electron chi connectivity index (χ3n) is 5.11. The van der Waals surface area contributed by atoms with Gasteiger partial charge in [0.05, 0.1) is 23.5 Å². The highest BCUT2D eigenvalue weighted by Gasteiger charge is 2.39. The number of aliphatic imine (C=N–C) groups is 1. The number of hydrogen-bond acceptors (Lipinski definition) is 8. The number of aryl methyl sites for hydroxylation is 1. The first kappa shape index (κ1) is 25.0. The molecule has 35 heavy (non-hydrogen) atoms. The predicted octanol–water partition coefficient (Wildman–Crippen LogP) is 4.25. The van der Waals surface area contributed by atoms with E-state index < -0.39 is 15.7 Å². The second kappa shape index (κ2) is 9.84. The quantitative estimate of drug-likeness (QED) is 0.552. The summed E-state index contributed by atoms with van der Waals surface area (Å²) < 4.78 is 35.5. The predicted molar refractivity (Wildman–Crippen MR) is 138 cm³/mol. The van der Waals surface area contributed by atoms with Gasteiger partial charge in [0.15, 0.2) is 17.3 Å². The number of benzene rings is 2. The van der Waals surface area contributed by atoms with Gasteiger partial charge in [-0.25, -0.2) is 8.42 Å². The summed E-state index contributed by atoms with van der Waals surface area (Å²) >= 11 is 7.22. The largest absolute Gasteiger partial charge is 0.493 e. The van der Waals surface area contributed by atoms with Crippen molar-refractivity contribution in [3.05, 3.63) is 63.7 Å². The van der Waals surface area contributed by atoms with Gasteiger partial charge < -0.3 is 9.47 Å². The van der Waals surface area contributed by atoms with E-state index >= 15 is 0 Å². The summed E-state index contributed by atoms with van der Waals surface area (Å²) in [6.45, 7) is 3.77. The van der Waals surface area contributed by atoms with Gasteiger partial charge in [0, 0.05) is 0 Å². The van der Waals surface area contributed by atoms with Crippen molar-refractivity contribution in [1.82, 2.24) is 5.01 Å². The number of carbonyl (C=O) groups excluding carboxylic acids is 1. The third kappa shape index (κ3) is 5.12. The Morgan fingerprint density at radius 2 is 2.03 bits per heavy atom. The van der Waals surface area contributed by atoms with Gasteiger partial charge in [-0.2, -0.15) is 10.0 Å². The lowest BCUT2D eigenvalue weighted by molar-refractivity contribution is -0.114. The zero-order valence-electron chi connectivity index (χ0n) is 19.0. The maximum absolute atomic E-state index is 12.6. The fourth-order valence-electron chi connectivity index (χ4n) is 3.31. The van der Waals surface area contributed by atoms with Crippen LogP contribution in [0.15, 0.2) is 52.1 Å². The summed E-state index contributed by atoms with van der Waals surface area (Å²) in [5.74, 6) is -0.432. The number of amides is 1. The van der Waals surface area contributed by atoms with Crippen molar-refractivity contribution in [1.29, 1.82) is 5.41 Å². The molecule has 0 aliphatic carbocycles. The van der Waals surface area contributed by atoms with Gasteiger partial charge in [-0.1, -0.05) is 48.4 Å². The number of sulfone groups is 1. The number of nitrogens with one attached hydrogen (secondary N) is 1. The van der Waals surface area contributed by atoms with E-state index in [1.807, 2.05) is 31.2 Å². The van der Waals surface area contributed by atoms with Crippen molar-refractivity contribution in [3.8, 4) is 11.5 Å². The molecule has 4 rings (SSSR count). The number of thioether (sulfide) groups is 1. The number of fused-ring (bicyclic) bond motifs is 1. The molecule has 2 heterocycles. The number of rotatable bonds is 6. The molecule has 0 saturated heterocycles. The van der Waals surface area contributed by atoms with Crippen LogP contribution in [0.2, 0.25) is 5.02 Å². The molecule has 0 fully saturated rings. The Kier molecular flexibility index (Phi) is 7.02. The van der Waals surface area contributed by atoms with Crippen LogP contribution in [0.3, 0.4) is 0 Å². The molecule has 12 heteroatoms. The van der Waals surface area contributed by atoms with Gasteiger partial charge in [0.25, 0.3) is 5.91 Å². The number of halogens is 1. The zero-order valence-corrected chi connectivity index (χ0v) is 21.4. The van der Waals surface area contributed by atoms with Crippen LogP contribution in [0.25, 0.3) is 6.08 Å². The minimum absolute atomic E-state index is 0.0275. The first-order chi connectivity index (χ1) is 16.6. The Bertz CT molecular complexity index is 1430. The van der Waals surface area contributed by atoms with E-state index in [-0.39, 0.29) is 38.3 Å². The number of hydrazone groups is 1. The van der Waals surface area contributed by atoms with Gasteiger partial charge in [0.2, 0.25) is 19.4 Å². The molecule has 2 aliphatic rings. The lowest BCUT2D eigenvalue weighted by Crippen LogP contribution is -2.35. The topological polar surface area (TPSA) is 121 Å². The van der Waals surface area contributed by atoms with Crippen LogP contribution in [0.1, 0.15) is 23.6 Å². The molecule has 2 aliphatic heterocycles. The van der Waals surface area contributed by atoms with Crippen LogP contribution in [0.5, 0.6) is 11.5 Å². The summed E-state index contributed by atoms with van der Waals surface area (Å²) in [5, 5.41) is 13.7. The molecule has 2 aromatic carbocycles. The van der Waals surface area contributed by atoms with Crippen LogP contribution in [0, 0.1) is 12.3 Å². The Morgan fingerprint density at radius 3 is 2.71 bits per heavy atom. The lowest BCUT2D eigenvalue weighted by Gasteiger charge is -2.20. The minimum atomic E-state index is -3.61. The Balaban J connectivity index is 1.62. The van der Waals surface area contributed by atoms with Crippen molar-refractivity contribution >= 4 is 60.6 Å². The smallest absolute Gasteiger partial charge is 0.283 e. The monoisotopic (exact) mass is 532 g/mol. The van der Waals surface area contributed by atoms with Gasteiger partial charge in [-0.15, -0.1) is 5.10 Å². The highest BCUT2D eigenvalue weighted by atomic mass is 35.5. The second-order valence-corrected chi connectivity index (χ2v) is 11.4. The molecule has 0 bridgehead atoms. The van der Waals surface area contributed by atoms with Crippen molar-refractivity contribution in [2.24, 2.45) is 10.1 Å².